The molecule has 1 aromatic carbocycles. The first-order chi connectivity index (χ1) is 12.5. The molecule has 0 radical (unpaired) electrons. The van der Waals surface area contributed by atoms with Gasteiger partial charge in [0.25, 0.3) is 5.91 Å². The van der Waals surface area contributed by atoms with Crippen LogP contribution in [0.25, 0.3) is 11.3 Å². The van der Waals surface area contributed by atoms with Gasteiger partial charge >= 0.3 is 0 Å². The highest BCUT2D eigenvalue weighted by Crippen LogP contribution is 2.20. The van der Waals surface area contributed by atoms with E-state index in [1.165, 1.54) is 0 Å². The number of carbonyl (C=O) groups is 1. The van der Waals surface area contributed by atoms with Crippen molar-refractivity contribution in [3.8, 4) is 11.3 Å². The van der Waals surface area contributed by atoms with Crippen molar-refractivity contribution in [1.82, 2.24) is 19.9 Å². The molecule has 0 unspecified atom stereocenters. The van der Waals surface area contributed by atoms with E-state index in [1.54, 1.807) is 18.6 Å². The summed E-state index contributed by atoms with van der Waals surface area (Å²) in [6.45, 7) is 0.670. The summed E-state index contributed by atoms with van der Waals surface area (Å²) in [5.41, 5.74) is 8.99. The molecule has 0 bridgehead atoms. The van der Waals surface area contributed by atoms with Crippen molar-refractivity contribution in [1.29, 1.82) is 0 Å². The Labute approximate surface area is 151 Å². The Kier molecular flexibility index (Phi) is 5.19. The maximum absolute atomic E-state index is 12.7. The van der Waals surface area contributed by atoms with Gasteiger partial charge < -0.3 is 16.0 Å². The Morgan fingerprint density at radius 3 is 2.65 bits per heavy atom. The van der Waals surface area contributed by atoms with Crippen LogP contribution in [0.1, 0.15) is 16.1 Å². The Bertz CT molecular complexity index is 911. The standard InChI is InChI=1S/C19H20N6O/c1-25(2)12-14-8-9-21-10-15(14)24-19(26)17-18(20)22-11-16(23-17)13-6-4-3-5-7-13/h3-11H,12H2,1-2H3,(H2,20,22)(H,24,26). The number of anilines is 2. The summed E-state index contributed by atoms with van der Waals surface area (Å²) in [5.74, 6) is -0.332. The van der Waals surface area contributed by atoms with Gasteiger partial charge in [-0.25, -0.2) is 9.97 Å². The molecule has 0 saturated carbocycles. The van der Waals surface area contributed by atoms with Crippen LogP contribution in [-0.2, 0) is 6.54 Å². The van der Waals surface area contributed by atoms with Gasteiger partial charge in [0.1, 0.15) is 0 Å². The SMILES string of the molecule is CN(C)Cc1ccncc1NC(=O)c1nc(-c2ccccc2)cnc1N. The lowest BCUT2D eigenvalue weighted by Crippen LogP contribution is -2.19. The molecule has 0 fully saturated rings. The third-order valence-corrected chi connectivity index (χ3v) is 3.73. The fourth-order valence-corrected chi connectivity index (χ4v) is 2.51. The van der Waals surface area contributed by atoms with E-state index in [1.807, 2.05) is 55.4 Å². The number of aromatic nitrogens is 3. The monoisotopic (exact) mass is 348 g/mol. The molecule has 0 aliphatic heterocycles. The lowest BCUT2D eigenvalue weighted by Gasteiger charge is -2.14. The average Bonchev–Trinajstić information content (AvgIpc) is 2.64. The number of nitrogen functional groups attached to an aromatic ring is 1. The Morgan fingerprint density at radius 1 is 1.15 bits per heavy atom. The van der Waals surface area contributed by atoms with E-state index in [0.717, 1.165) is 11.1 Å². The number of nitrogens with one attached hydrogen (secondary N) is 1. The normalized spacial score (nSPS) is 10.7. The van der Waals surface area contributed by atoms with E-state index in [2.05, 4.69) is 20.3 Å². The topological polar surface area (TPSA) is 97.0 Å². The largest absolute Gasteiger partial charge is 0.382 e. The van der Waals surface area contributed by atoms with E-state index < -0.39 is 5.91 Å². The third kappa shape index (κ3) is 4.01. The second-order valence-corrected chi connectivity index (χ2v) is 6.08. The molecule has 3 aromatic rings. The molecule has 0 atom stereocenters. The summed E-state index contributed by atoms with van der Waals surface area (Å²) in [6.07, 6.45) is 4.86. The Balaban J connectivity index is 1.89. The quantitative estimate of drug-likeness (QED) is 0.735. The van der Waals surface area contributed by atoms with Gasteiger partial charge in [0.2, 0.25) is 0 Å². The molecule has 0 aliphatic carbocycles. The van der Waals surface area contributed by atoms with E-state index in [0.29, 0.717) is 17.9 Å². The summed E-state index contributed by atoms with van der Waals surface area (Å²) in [5, 5.41) is 2.84. The maximum atomic E-state index is 12.7. The summed E-state index contributed by atoms with van der Waals surface area (Å²) in [4.78, 5) is 27.3. The first-order valence-corrected chi connectivity index (χ1v) is 8.11. The lowest BCUT2D eigenvalue weighted by atomic mass is 10.1. The summed E-state index contributed by atoms with van der Waals surface area (Å²) < 4.78 is 0. The first kappa shape index (κ1) is 17.5. The van der Waals surface area contributed by atoms with Crippen LogP contribution in [0, 0.1) is 0 Å². The Morgan fingerprint density at radius 2 is 1.92 bits per heavy atom. The molecule has 0 aliphatic rings. The van der Waals surface area contributed by atoms with E-state index in [4.69, 9.17) is 5.73 Å². The number of pyridine rings is 1. The molecule has 0 spiro atoms. The van der Waals surface area contributed by atoms with Crippen LogP contribution in [-0.4, -0.2) is 39.9 Å². The maximum Gasteiger partial charge on any atom is 0.278 e. The molecule has 2 heterocycles. The van der Waals surface area contributed by atoms with Gasteiger partial charge in [-0.2, -0.15) is 0 Å². The van der Waals surface area contributed by atoms with Crippen LogP contribution in [0.4, 0.5) is 11.5 Å². The van der Waals surface area contributed by atoms with Crippen LogP contribution in [0.15, 0.2) is 55.0 Å². The average molecular weight is 348 g/mol. The smallest absolute Gasteiger partial charge is 0.278 e. The third-order valence-electron chi connectivity index (χ3n) is 3.73. The number of nitrogens with two attached hydrogens (primary N) is 1. The van der Waals surface area contributed by atoms with Crippen LogP contribution in [0.3, 0.4) is 0 Å². The van der Waals surface area contributed by atoms with Crippen molar-refractivity contribution in [3.63, 3.8) is 0 Å². The van der Waals surface area contributed by atoms with E-state index in [-0.39, 0.29) is 11.5 Å². The van der Waals surface area contributed by atoms with Crippen LogP contribution in [0.5, 0.6) is 0 Å². The van der Waals surface area contributed by atoms with Gasteiger partial charge in [-0.15, -0.1) is 0 Å². The minimum atomic E-state index is -0.416. The summed E-state index contributed by atoms with van der Waals surface area (Å²) in [7, 11) is 3.91. The number of rotatable bonds is 5. The van der Waals surface area contributed by atoms with Gasteiger partial charge in [0.15, 0.2) is 11.5 Å². The number of hydrogen-bond donors (Lipinski definition) is 2. The number of benzene rings is 1. The van der Waals surface area contributed by atoms with Gasteiger partial charge in [0.05, 0.1) is 23.8 Å². The highest BCUT2D eigenvalue weighted by Gasteiger charge is 2.16. The van der Waals surface area contributed by atoms with Gasteiger partial charge in [-0.3, -0.25) is 9.78 Å². The van der Waals surface area contributed by atoms with Crippen molar-refractivity contribution in [3.05, 3.63) is 66.2 Å². The molecule has 2 aromatic heterocycles. The zero-order valence-electron chi connectivity index (χ0n) is 14.7. The summed E-state index contributed by atoms with van der Waals surface area (Å²) in [6, 6.07) is 11.4. The minimum Gasteiger partial charge on any atom is -0.382 e. The molecular weight excluding hydrogens is 328 g/mol. The molecule has 1 amide bonds. The Hall–Kier alpha value is -3.32. The number of amides is 1. The molecule has 7 nitrogen and oxygen atoms in total. The van der Waals surface area contributed by atoms with Crippen LogP contribution >= 0.6 is 0 Å². The van der Waals surface area contributed by atoms with Gasteiger partial charge in [-0.05, 0) is 25.7 Å². The second-order valence-electron chi connectivity index (χ2n) is 6.08. The van der Waals surface area contributed by atoms with Gasteiger partial charge in [0, 0.05) is 18.3 Å². The lowest BCUT2D eigenvalue weighted by molar-refractivity contribution is 0.102. The number of carbonyl (C=O) groups excluding carboxylic acids is 1. The number of nitrogens with zero attached hydrogens (tertiary/aromatic N) is 4. The fraction of sp³-hybridized carbons (Fsp3) is 0.158. The van der Waals surface area contributed by atoms with E-state index >= 15 is 0 Å². The van der Waals surface area contributed by atoms with Crippen LogP contribution in [0.2, 0.25) is 0 Å². The molecular formula is C19H20N6O. The first-order valence-electron chi connectivity index (χ1n) is 8.11. The second kappa shape index (κ2) is 7.71. The van der Waals surface area contributed by atoms with Crippen LogP contribution < -0.4 is 11.1 Å². The number of hydrogen-bond acceptors (Lipinski definition) is 6. The predicted molar refractivity (Wildman–Crippen MR) is 101 cm³/mol. The minimum absolute atomic E-state index is 0.0835. The molecule has 132 valence electrons. The van der Waals surface area contributed by atoms with Crippen molar-refractivity contribution in [2.75, 3.05) is 25.1 Å². The van der Waals surface area contributed by atoms with Gasteiger partial charge in [-0.1, -0.05) is 30.3 Å². The van der Waals surface area contributed by atoms with Crippen molar-refractivity contribution < 1.29 is 4.79 Å². The highest BCUT2D eigenvalue weighted by molar-refractivity contribution is 6.06. The zero-order valence-corrected chi connectivity index (χ0v) is 14.7. The molecule has 3 N–H and O–H groups in total. The molecule has 7 heteroatoms. The highest BCUT2D eigenvalue weighted by atomic mass is 16.1. The zero-order chi connectivity index (χ0) is 18.5. The molecule has 0 saturated heterocycles. The fourth-order valence-electron chi connectivity index (χ4n) is 2.51. The van der Waals surface area contributed by atoms with Crippen molar-refractivity contribution in [2.45, 2.75) is 6.54 Å². The predicted octanol–water partition coefficient (Wildman–Crippen LogP) is 2.43. The molecule has 3 rings (SSSR count). The summed E-state index contributed by atoms with van der Waals surface area (Å²) >= 11 is 0. The van der Waals surface area contributed by atoms with Crippen molar-refractivity contribution >= 4 is 17.4 Å². The van der Waals surface area contributed by atoms with Crippen molar-refractivity contribution in [2.24, 2.45) is 0 Å². The molecule has 26 heavy (non-hydrogen) atoms. The van der Waals surface area contributed by atoms with E-state index in [9.17, 15) is 4.79 Å².